The summed E-state index contributed by atoms with van der Waals surface area (Å²) in [6.07, 6.45) is 0. The van der Waals surface area contributed by atoms with Crippen LogP contribution in [0.2, 0.25) is 0 Å². The number of halogens is 1. The monoisotopic (exact) mass is 308 g/mol. The Morgan fingerprint density at radius 1 is 1.37 bits per heavy atom. The normalized spacial score (nSPS) is 11.3. The number of rotatable bonds is 6. The molecule has 0 aromatic heterocycles. The SMILES string of the molecule is COCCOc1cc(C(=O)O)cc(S(=O)(=O)Cl)c1C. The van der Waals surface area contributed by atoms with Gasteiger partial charge in [-0.2, -0.15) is 0 Å². The fourth-order valence-corrected chi connectivity index (χ4v) is 2.64. The predicted octanol–water partition coefficient (Wildman–Crippen LogP) is 1.65. The summed E-state index contributed by atoms with van der Waals surface area (Å²) < 4.78 is 32.9. The molecule has 1 aromatic carbocycles. The molecule has 0 aliphatic heterocycles. The summed E-state index contributed by atoms with van der Waals surface area (Å²) in [5.41, 5.74) is 0.0494. The maximum Gasteiger partial charge on any atom is 0.335 e. The van der Waals surface area contributed by atoms with E-state index in [4.69, 9.17) is 25.3 Å². The van der Waals surface area contributed by atoms with Crippen LogP contribution in [-0.2, 0) is 13.8 Å². The highest BCUT2D eigenvalue weighted by Gasteiger charge is 2.20. The summed E-state index contributed by atoms with van der Waals surface area (Å²) in [6, 6.07) is 2.25. The smallest absolute Gasteiger partial charge is 0.335 e. The quantitative estimate of drug-likeness (QED) is 0.635. The zero-order chi connectivity index (χ0) is 14.6. The van der Waals surface area contributed by atoms with Gasteiger partial charge in [-0.15, -0.1) is 0 Å². The number of hydrogen-bond donors (Lipinski definition) is 1. The van der Waals surface area contributed by atoms with E-state index in [9.17, 15) is 13.2 Å². The molecule has 19 heavy (non-hydrogen) atoms. The van der Waals surface area contributed by atoms with Gasteiger partial charge in [0.2, 0.25) is 0 Å². The van der Waals surface area contributed by atoms with Crippen LogP contribution in [0.5, 0.6) is 5.75 Å². The van der Waals surface area contributed by atoms with Gasteiger partial charge in [0.15, 0.2) is 0 Å². The zero-order valence-corrected chi connectivity index (χ0v) is 11.9. The van der Waals surface area contributed by atoms with E-state index in [2.05, 4.69) is 0 Å². The number of carboxylic acid groups (broad SMARTS) is 1. The summed E-state index contributed by atoms with van der Waals surface area (Å²) in [6.45, 7) is 1.95. The third-order valence-corrected chi connectivity index (χ3v) is 3.82. The second-order valence-electron chi connectivity index (χ2n) is 3.68. The minimum absolute atomic E-state index is 0.149. The van der Waals surface area contributed by atoms with Gasteiger partial charge in [-0.05, 0) is 19.1 Å². The third kappa shape index (κ3) is 4.09. The molecule has 1 rings (SSSR count). The lowest BCUT2D eigenvalue weighted by Crippen LogP contribution is -2.09. The maximum absolute atomic E-state index is 11.4. The molecule has 0 fully saturated rings. The molecule has 0 spiro atoms. The van der Waals surface area contributed by atoms with Gasteiger partial charge in [0.05, 0.1) is 17.1 Å². The summed E-state index contributed by atoms with van der Waals surface area (Å²) >= 11 is 0. The number of carboxylic acids is 1. The lowest BCUT2D eigenvalue weighted by Gasteiger charge is -2.12. The molecule has 0 radical (unpaired) electrons. The number of ether oxygens (including phenoxy) is 2. The number of aromatic carboxylic acids is 1. The Bertz CT molecular complexity index is 581. The Morgan fingerprint density at radius 3 is 2.47 bits per heavy atom. The van der Waals surface area contributed by atoms with E-state index >= 15 is 0 Å². The Labute approximate surface area is 115 Å². The van der Waals surface area contributed by atoms with Crippen LogP contribution in [0, 0.1) is 6.92 Å². The van der Waals surface area contributed by atoms with E-state index in [1.54, 1.807) is 0 Å². The molecule has 0 aliphatic carbocycles. The van der Waals surface area contributed by atoms with Crippen LogP contribution >= 0.6 is 10.7 Å². The highest BCUT2D eigenvalue weighted by Crippen LogP contribution is 2.29. The third-order valence-electron chi connectivity index (χ3n) is 2.37. The van der Waals surface area contributed by atoms with Crippen molar-refractivity contribution in [2.45, 2.75) is 11.8 Å². The van der Waals surface area contributed by atoms with Gasteiger partial charge in [-0.1, -0.05) is 0 Å². The number of carbonyl (C=O) groups is 1. The van der Waals surface area contributed by atoms with Crippen LogP contribution in [0.15, 0.2) is 17.0 Å². The molecule has 1 N–H and O–H groups in total. The van der Waals surface area contributed by atoms with Gasteiger partial charge < -0.3 is 14.6 Å². The highest BCUT2D eigenvalue weighted by atomic mass is 35.7. The second kappa shape index (κ2) is 6.23. The molecule has 0 amide bonds. The average Bonchev–Trinajstić information content (AvgIpc) is 2.29. The van der Waals surface area contributed by atoms with Gasteiger partial charge in [-0.3, -0.25) is 0 Å². The fraction of sp³-hybridized carbons (Fsp3) is 0.364. The van der Waals surface area contributed by atoms with E-state index in [1.165, 1.54) is 20.1 Å². The van der Waals surface area contributed by atoms with Crippen molar-refractivity contribution in [1.29, 1.82) is 0 Å². The Balaban J connectivity index is 3.29. The second-order valence-corrected chi connectivity index (χ2v) is 6.22. The van der Waals surface area contributed by atoms with Crippen molar-refractivity contribution in [3.05, 3.63) is 23.3 Å². The topological polar surface area (TPSA) is 89.9 Å². The fourth-order valence-electron chi connectivity index (χ4n) is 1.42. The number of benzene rings is 1. The number of hydrogen-bond acceptors (Lipinski definition) is 5. The van der Waals surface area contributed by atoms with Crippen LogP contribution < -0.4 is 4.74 Å². The van der Waals surface area contributed by atoms with E-state index in [0.29, 0.717) is 6.61 Å². The van der Waals surface area contributed by atoms with Gasteiger partial charge in [0, 0.05) is 23.4 Å². The molecule has 0 aliphatic rings. The van der Waals surface area contributed by atoms with E-state index in [1.807, 2.05) is 0 Å². The summed E-state index contributed by atoms with van der Waals surface area (Å²) in [7, 11) is 2.71. The zero-order valence-electron chi connectivity index (χ0n) is 10.3. The summed E-state index contributed by atoms with van der Waals surface area (Å²) in [5, 5.41) is 8.94. The minimum Gasteiger partial charge on any atom is -0.491 e. The average molecular weight is 309 g/mol. The van der Waals surface area contributed by atoms with Crippen LogP contribution in [0.1, 0.15) is 15.9 Å². The molecule has 1 aromatic rings. The van der Waals surface area contributed by atoms with Crippen LogP contribution in [0.4, 0.5) is 0 Å². The molecular formula is C11H13ClO6S. The van der Waals surface area contributed by atoms with Gasteiger partial charge in [-0.25, -0.2) is 13.2 Å². The van der Waals surface area contributed by atoms with Crippen molar-refractivity contribution in [2.75, 3.05) is 20.3 Å². The standard InChI is InChI=1S/C11H13ClO6S/c1-7-9(18-4-3-17-2)5-8(11(13)14)6-10(7)19(12,15)16/h5-6H,3-4H2,1-2H3,(H,13,14). The first-order chi connectivity index (χ1) is 8.77. The predicted molar refractivity (Wildman–Crippen MR) is 68.5 cm³/mol. The lowest BCUT2D eigenvalue weighted by molar-refractivity contribution is 0.0696. The van der Waals surface area contributed by atoms with E-state index in [-0.39, 0.29) is 28.4 Å². The molecule has 0 saturated carbocycles. The lowest BCUT2D eigenvalue weighted by atomic mass is 10.1. The molecule has 0 unspecified atom stereocenters. The first-order valence-electron chi connectivity index (χ1n) is 5.21. The molecule has 0 saturated heterocycles. The Hall–Kier alpha value is -1.31. The summed E-state index contributed by atoms with van der Waals surface area (Å²) in [5.74, 6) is -1.12. The van der Waals surface area contributed by atoms with E-state index < -0.39 is 15.0 Å². The number of methoxy groups -OCH3 is 1. The molecule has 106 valence electrons. The Morgan fingerprint density at radius 2 is 2.00 bits per heavy atom. The van der Waals surface area contributed by atoms with Crippen molar-refractivity contribution >= 4 is 25.7 Å². The molecule has 0 bridgehead atoms. The molecule has 8 heteroatoms. The molecule has 0 atom stereocenters. The largest absolute Gasteiger partial charge is 0.491 e. The molecule has 0 heterocycles. The van der Waals surface area contributed by atoms with Crippen molar-refractivity contribution in [1.82, 2.24) is 0 Å². The van der Waals surface area contributed by atoms with Crippen LogP contribution in [0.25, 0.3) is 0 Å². The van der Waals surface area contributed by atoms with Crippen LogP contribution in [0.3, 0.4) is 0 Å². The maximum atomic E-state index is 11.4. The van der Waals surface area contributed by atoms with Crippen molar-refractivity contribution in [3.63, 3.8) is 0 Å². The Kier molecular flexibility index (Phi) is 5.16. The molecule has 6 nitrogen and oxygen atoms in total. The van der Waals surface area contributed by atoms with Crippen molar-refractivity contribution < 1.29 is 27.8 Å². The van der Waals surface area contributed by atoms with Gasteiger partial charge in [0.25, 0.3) is 9.05 Å². The van der Waals surface area contributed by atoms with E-state index in [0.717, 1.165) is 6.07 Å². The van der Waals surface area contributed by atoms with Gasteiger partial charge in [0.1, 0.15) is 12.4 Å². The highest BCUT2D eigenvalue weighted by molar-refractivity contribution is 8.13. The first-order valence-corrected chi connectivity index (χ1v) is 7.52. The van der Waals surface area contributed by atoms with Crippen molar-refractivity contribution in [2.24, 2.45) is 0 Å². The van der Waals surface area contributed by atoms with Crippen LogP contribution in [-0.4, -0.2) is 39.8 Å². The van der Waals surface area contributed by atoms with Gasteiger partial charge >= 0.3 is 5.97 Å². The summed E-state index contributed by atoms with van der Waals surface area (Å²) in [4.78, 5) is 10.7. The molecular weight excluding hydrogens is 296 g/mol. The first kappa shape index (κ1) is 15.7. The minimum atomic E-state index is -4.04. The van der Waals surface area contributed by atoms with Crippen molar-refractivity contribution in [3.8, 4) is 5.75 Å².